The molecule has 30 heavy (non-hydrogen) atoms. The van der Waals surface area contributed by atoms with Crippen LogP contribution in [-0.4, -0.2) is 30.5 Å². The van der Waals surface area contributed by atoms with Gasteiger partial charge in [-0.05, 0) is 42.5 Å². The minimum Gasteiger partial charge on any atom is -0.494 e. The van der Waals surface area contributed by atoms with Crippen LogP contribution in [-0.2, 0) is 9.84 Å². The molecule has 0 aliphatic carbocycles. The maximum Gasteiger partial charge on any atom is 0.207 e. The van der Waals surface area contributed by atoms with Crippen molar-refractivity contribution in [3.05, 3.63) is 78.7 Å². The van der Waals surface area contributed by atoms with Gasteiger partial charge in [0.05, 0.1) is 23.1 Å². The van der Waals surface area contributed by atoms with Crippen molar-refractivity contribution >= 4 is 15.5 Å². The molecule has 1 heterocycles. The molecule has 152 valence electrons. The highest BCUT2D eigenvalue weighted by molar-refractivity contribution is 7.91. The molecule has 0 bridgehead atoms. The predicted molar refractivity (Wildman–Crippen MR) is 110 cm³/mol. The van der Waals surface area contributed by atoms with E-state index in [1.54, 1.807) is 24.3 Å². The number of para-hydroxylation sites is 1. The average Bonchev–Trinajstić information content (AvgIpc) is 3.23. The first-order valence-electron chi connectivity index (χ1n) is 8.87. The van der Waals surface area contributed by atoms with E-state index in [0.29, 0.717) is 11.3 Å². The van der Waals surface area contributed by atoms with Crippen molar-refractivity contribution in [2.45, 2.75) is 9.79 Å². The van der Waals surface area contributed by atoms with E-state index in [1.807, 2.05) is 0 Å². The lowest BCUT2D eigenvalue weighted by Crippen LogP contribution is -2.04. The van der Waals surface area contributed by atoms with Crippen molar-refractivity contribution < 1.29 is 17.5 Å². The molecular formula is C21H17FN4O3S. The average molecular weight is 424 g/mol. The highest BCUT2D eigenvalue weighted by Gasteiger charge is 2.23. The zero-order chi connectivity index (χ0) is 21.3. The fourth-order valence-electron chi connectivity index (χ4n) is 3.07. The van der Waals surface area contributed by atoms with E-state index in [1.165, 1.54) is 60.5 Å². The molecule has 9 heteroatoms. The van der Waals surface area contributed by atoms with E-state index < -0.39 is 15.7 Å². The minimum atomic E-state index is -3.84. The number of methoxy groups -OCH3 is 1. The monoisotopic (exact) mass is 424 g/mol. The van der Waals surface area contributed by atoms with Crippen LogP contribution in [0.1, 0.15) is 0 Å². The molecule has 0 radical (unpaired) electrons. The standard InChI is InChI=1S/C21H17FN4O3S/c1-29-19-7-4-6-17(22)21(19)26-13-18(24-25-26)16-5-2-3-8-20(16)30(27,28)15-11-9-14(23)10-12-15/h2-13H,23H2,1H3. The second kappa shape index (κ2) is 7.60. The van der Waals surface area contributed by atoms with E-state index in [-0.39, 0.29) is 26.9 Å². The summed E-state index contributed by atoms with van der Waals surface area (Å²) in [4.78, 5) is 0.162. The second-order valence-electron chi connectivity index (χ2n) is 6.41. The van der Waals surface area contributed by atoms with Crippen LogP contribution in [0, 0.1) is 5.82 Å². The maximum absolute atomic E-state index is 14.4. The molecule has 4 aromatic rings. The minimum absolute atomic E-state index is 0.0577. The van der Waals surface area contributed by atoms with Gasteiger partial charge in [-0.25, -0.2) is 17.5 Å². The number of ether oxygens (including phenoxy) is 1. The summed E-state index contributed by atoms with van der Waals surface area (Å²) in [5, 5.41) is 8.04. The number of aromatic nitrogens is 3. The molecule has 0 unspecified atom stereocenters. The largest absolute Gasteiger partial charge is 0.494 e. The number of halogens is 1. The third-order valence-corrected chi connectivity index (χ3v) is 6.36. The Morgan fingerprint density at radius 1 is 1.00 bits per heavy atom. The number of anilines is 1. The van der Waals surface area contributed by atoms with E-state index in [0.717, 1.165) is 0 Å². The van der Waals surface area contributed by atoms with Crippen LogP contribution >= 0.6 is 0 Å². The van der Waals surface area contributed by atoms with Gasteiger partial charge in [0.25, 0.3) is 0 Å². The van der Waals surface area contributed by atoms with Crippen LogP contribution in [0.3, 0.4) is 0 Å². The van der Waals surface area contributed by atoms with Gasteiger partial charge in [0.1, 0.15) is 17.1 Å². The summed E-state index contributed by atoms with van der Waals surface area (Å²) < 4.78 is 47.2. The molecule has 7 nitrogen and oxygen atoms in total. The lowest BCUT2D eigenvalue weighted by Gasteiger charge is -2.09. The Morgan fingerprint density at radius 2 is 1.73 bits per heavy atom. The SMILES string of the molecule is COc1cccc(F)c1-n1cc(-c2ccccc2S(=O)(=O)c2ccc(N)cc2)nn1. The summed E-state index contributed by atoms with van der Waals surface area (Å²) in [5.41, 5.74) is 6.83. The van der Waals surface area contributed by atoms with Crippen molar-refractivity contribution in [3.8, 4) is 22.7 Å². The van der Waals surface area contributed by atoms with Crippen molar-refractivity contribution in [2.75, 3.05) is 12.8 Å². The van der Waals surface area contributed by atoms with Gasteiger partial charge in [0, 0.05) is 11.3 Å². The molecule has 2 N–H and O–H groups in total. The quantitative estimate of drug-likeness (QED) is 0.492. The summed E-state index contributed by atoms with van der Waals surface area (Å²) >= 11 is 0. The Morgan fingerprint density at radius 3 is 2.47 bits per heavy atom. The molecule has 3 aromatic carbocycles. The van der Waals surface area contributed by atoms with Gasteiger partial charge in [0.2, 0.25) is 9.84 Å². The number of hydrogen-bond donors (Lipinski definition) is 1. The van der Waals surface area contributed by atoms with Gasteiger partial charge in [-0.3, -0.25) is 0 Å². The van der Waals surface area contributed by atoms with Gasteiger partial charge < -0.3 is 10.5 Å². The Labute approximate surface area is 172 Å². The first kappa shape index (κ1) is 19.6. The Kier molecular flexibility index (Phi) is 4.96. The van der Waals surface area contributed by atoms with Crippen molar-refractivity contribution in [2.24, 2.45) is 0 Å². The molecule has 0 amide bonds. The van der Waals surface area contributed by atoms with Gasteiger partial charge in [-0.1, -0.05) is 29.5 Å². The number of nitrogens with zero attached hydrogens (tertiary/aromatic N) is 3. The second-order valence-corrected chi connectivity index (χ2v) is 8.33. The fourth-order valence-corrected chi connectivity index (χ4v) is 4.53. The lowest BCUT2D eigenvalue weighted by molar-refractivity contribution is 0.407. The number of benzene rings is 3. The number of hydrogen-bond acceptors (Lipinski definition) is 6. The summed E-state index contributed by atoms with van der Waals surface area (Å²) in [6.07, 6.45) is 1.46. The van der Waals surface area contributed by atoms with Gasteiger partial charge in [0.15, 0.2) is 5.82 Å². The van der Waals surface area contributed by atoms with Gasteiger partial charge >= 0.3 is 0 Å². The molecule has 0 saturated heterocycles. The molecule has 0 atom stereocenters. The summed E-state index contributed by atoms with van der Waals surface area (Å²) in [6.45, 7) is 0. The van der Waals surface area contributed by atoms with E-state index in [4.69, 9.17) is 10.5 Å². The summed E-state index contributed by atoms with van der Waals surface area (Å²) in [5.74, 6) is -0.275. The van der Waals surface area contributed by atoms with Crippen molar-refractivity contribution in [1.82, 2.24) is 15.0 Å². The summed E-state index contributed by atoms with van der Waals surface area (Å²) in [6, 6.07) is 16.8. The van der Waals surface area contributed by atoms with Crippen LogP contribution in [0.4, 0.5) is 10.1 Å². The Bertz CT molecular complexity index is 1320. The Hall–Kier alpha value is -3.72. The first-order valence-corrected chi connectivity index (χ1v) is 10.4. The number of rotatable bonds is 5. The van der Waals surface area contributed by atoms with Crippen LogP contribution in [0.5, 0.6) is 5.75 Å². The van der Waals surface area contributed by atoms with Gasteiger partial charge in [-0.15, -0.1) is 5.10 Å². The van der Waals surface area contributed by atoms with Crippen LogP contribution in [0.25, 0.3) is 16.9 Å². The zero-order valence-electron chi connectivity index (χ0n) is 15.9. The van der Waals surface area contributed by atoms with Crippen molar-refractivity contribution in [3.63, 3.8) is 0 Å². The van der Waals surface area contributed by atoms with Gasteiger partial charge in [-0.2, -0.15) is 0 Å². The zero-order valence-corrected chi connectivity index (χ0v) is 16.7. The molecule has 0 aliphatic rings. The molecule has 4 rings (SSSR count). The molecule has 0 saturated carbocycles. The highest BCUT2D eigenvalue weighted by Crippen LogP contribution is 2.32. The van der Waals surface area contributed by atoms with E-state index in [2.05, 4.69) is 10.3 Å². The maximum atomic E-state index is 14.4. The predicted octanol–water partition coefficient (Wildman–Crippen LogP) is 3.50. The van der Waals surface area contributed by atoms with E-state index in [9.17, 15) is 12.8 Å². The third kappa shape index (κ3) is 3.39. The van der Waals surface area contributed by atoms with Crippen LogP contribution in [0.2, 0.25) is 0 Å². The lowest BCUT2D eigenvalue weighted by atomic mass is 10.2. The molecule has 1 aromatic heterocycles. The molecule has 0 fully saturated rings. The number of nitrogens with two attached hydrogens (primary N) is 1. The van der Waals surface area contributed by atoms with Crippen molar-refractivity contribution in [1.29, 1.82) is 0 Å². The van der Waals surface area contributed by atoms with Crippen LogP contribution in [0.15, 0.2) is 82.7 Å². The molecular weight excluding hydrogens is 407 g/mol. The number of sulfone groups is 1. The smallest absolute Gasteiger partial charge is 0.207 e. The highest BCUT2D eigenvalue weighted by atomic mass is 32.2. The Balaban J connectivity index is 1.83. The third-order valence-electron chi connectivity index (χ3n) is 4.54. The first-order chi connectivity index (χ1) is 14.4. The summed E-state index contributed by atoms with van der Waals surface area (Å²) in [7, 11) is -2.42. The van der Waals surface area contributed by atoms with Crippen LogP contribution < -0.4 is 10.5 Å². The number of nitrogen functional groups attached to an aromatic ring is 1. The topological polar surface area (TPSA) is 100 Å². The van der Waals surface area contributed by atoms with E-state index >= 15 is 0 Å². The normalized spacial score (nSPS) is 11.4. The molecule has 0 aliphatic heterocycles. The fraction of sp³-hybridized carbons (Fsp3) is 0.0476. The molecule has 0 spiro atoms.